The van der Waals surface area contributed by atoms with Gasteiger partial charge in [0.15, 0.2) is 0 Å². The van der Waals surface area contributed by atoms with Gasteiger partial charge in [0.2, 0.25) is 11.6 Å². The van der Waals surface area contributed by atoms with Crippen LogP contribution >= 0.6 is 0 Å². The molecule has 0 spiro atoms. The zero-order valence-corrected chi connectivity index (χ0v) is 30.6. The zero-order valence-electron chi connectivity index (χ0n) is 30.6. The van der Waals surface area contributed by atoms with Crippen molar-refractivity contribution in [3.63, 3.8) is 0 Å². The number of nitrogens with one attached hydrogen (secondary N) is 1. The summed E-state index contributed by atoms with van der Waals surface area (Å²) in [6.07, 6.45) is 0.227. The quantitative estimate of drug-likeness (QED) is 0.249. The van der Waals surface area contributed by atoms with Gasteiger partial charge in [-0.1, -0.05) is 31.0 Å². The van der Waals surface area contributed by atoms with E-state index in [0.29, 0.717) is 49.5 Å². The number of hydrogen-bond donors (Lipinski definition) is 1. The van der Waals surface area contributed by atoms with Gasteiger partial charge in [0, 0.05) is 81.8 Å². The molecule has 14 heteroatoms. The summed E-state index contributed by atoms with van der Waals surface area (Å²) >= 11 is 0. The first-order valence-electron chi connectivity index (χ1n) is 18.5. The summed E-state index contributed by atoms with van der Waals surface area (Å²) in [7, 11) is 4.33. The van der Waals surface area contributed by atoms with Crippen LogP contribution in [0.25, 0.3) is 0 Å². The Hall–Kier alpha value is -3.91. The summed E-state index contributed by atoms with van der Waals surface area (Å²) in [5.74, 6) is -2.68. The van der Waals surface area contributed by atoms with Crippen LogP contribution in [0.2, 0.25) is 0 Å². The van der Waals surface area contributed by atoms with E-state index in [1.165, 1.54) is 20.3 Å². The third-order valence-electron chi connectivity index (χ3n) is 11.8. The molecule has 1 N–H and O–H groups in total. The lowest BCUT2D eigenvalue weighted by Crippen LogP contribution is -2.50. The molecule has 0 bridgehead atoms. The molecule has 290 valence electrons. The Balaban J connectivity index is 1.27. The van der Waals surface area contributed by atoms with Crippen LogP contribution in [-0.2, 0) is 30.0 Å². The largest absolute Gasteiger partial charge is 0.497 e. The number of esters is 1. The summed E-state index contributed by atoms with van der Waals surface area (Å²) in [6, 6.07) is 11.1. The third kappa shape index (κ3) is 8.28. The SMILES string of the molecule is COCC1CN(C(=O)[C@]2(F)CN(C3CCCC3)C[C@H]2c2ccc(OC)cc2)C[C@@H]1c1ccc(C(F)(F)F)cc1N1CCC(C(=O)NCC(=O)OC)CC1. The van der Waals surface area contributed by atoms with Crippen LogP contribution < -0.4 is 15.0 Å². The van der Waals surface area contributed by atoms with Gasteiger partial charge < -0.3 is 29.3 Å². The average molecular weight is 747 g/mol. The maximum absolute atomic E-state index is 17.7. The number of piperidine rings is 1. The molecule has 1 saturated carbocycles. The van der Waals surface area contributed by atoms with Crippen molar-refractivity contribution in [2.75, 3.05) is 78.6 Å². The van der Waals surface area contributed by atoms with Crippen LogP contribution in [0, 0.1) is 11.8 Å². The summed E-state index contributed by atoms with van der Waals surface area (Å²) in [4.78, 5) is 44.4. The molecule has 4 aliphatic rings. The normalized spacial score (nSPS) is 25.9. The summed E-state index contributed by atoms with van der Waals surface area (Å²) in [5.41, 5.74) is -1.27. The van der Waals surface area contributed by atoms with Gasteiger partial charge in [-0.3, -0.25) is 19.3 Å². The standard InChI is InChI=1S/C39H50F4N4O6/c1-51-23-27-20-46(37(50)38(40)24-47(29-6-4-5-7-29)22-33(38)25-8-11-30(52-2)12-9-25)21-32(27)31-13-10-28(39(41,42)43)18-34(31)45-16-14-26(15-17-45)36(49)44-19-35(48)53-3/h8-13,18,26-27,29,32-33H,4-7,14-17,19-24H2,1-3H3,(H,44,49)/t27?,32-,33-,38-/m0/s1. The van der Waals surface area contributed by atoms with Crippen LogP contribution in [-0.4, -0.2) is 113 Å². The predicted molar refractivity (Wildman–Crippen MR) is 189 cm³/mol. The van der Waals surface area contributed by atoms with Crippen LogP contribution in [0.1, 0.15) is 67.1 Å². The number of hydrogen-bond acceptors (Lipinski definition) is 8. The highest BCUT2D eigenvalue weighted by Crippen LogP contribution is 2.47. The number of rotatable bonds is 11. The lowest BCUT2D eigenvalue weighted by molar-refractivity contribution is -0.143. The molecule has 53 heavy (non-hydrogen) atoms. The van der Waals surface area contributed by atoms with Crippen LogP contribution in [0.5, 0.6) is 5.75 Å². The molecule has 4 atom stereocenters. The van der Waals surface area contributed by atoms with Crippen molar-refractivity contribution in [1.29, 1.82) is 0 Å². The molecular formula is C39H50F4N4O6. The molecule has 2 aromatic rings. The smallest absolute Gasteiger partial charge is 0.416 e. The van der Waals surface area contributed by atoms with Gasteiger partial charge in [0.05, 0.1) is 26.4 Å². The molecule has 3 heterocycles. The summed E-state index contributed by atoms with van der Waals surface area (Å²) in [6.45, 7) is 1.31. The Labute approximate surface area is 308 Å². The van der Waals surface area contributed by atoms with E-state index in [4.69, 9.17) is 9.47 Å². The van der Waals surface area contributed by atoms with E-state index in [1.54, 1.807) is 24.1 Å². The minimum Gasteiger partial charge on any atom is -0.497 e. The molecule has 2 amide bonds. The number of benzene rings is 2. The van der Waals surface area contributed by atoms with E-state index in [2.05, 4.69) is 15.0 Å². The number of anilines is 1. The molecule has 0 radical (unpaired) electrons. The fraction of sp³-hybridized carbons (Fsp3) is 0.615. The summed E-state index contributed by atoms with van der Waals surface area (Å²) < 4.78 is 75.5. The van der Waals surface area contributed by atoms with Crippen molar-refractivity contribution in [1.82, 2.24) is 15.1 Å². The van der Waals surface area contributed by atoms with E-state index >= 15 is 4.39 Å². The first-order chi connectivity index (χ1) is 25.4. The number of carbonyl (C=O) groups excluding carboxylic acids is 3. The van der Waals surface area contributed by atoms with Crippen molar-refractivity contribution < 1.29 is 46.2 Å². The predicted octanol–water partition coefficient (Wildman–Crippen LogP) is 5.16. The van der Waals surface area contributed by atoms with E-state index < -0.39 is 47.0 Å². The van der Waals surface area contributed by atoms with E-state index in [9.17, 15) is 27.6 Å². The average Bonchev–Trinajstić information content (AvgIpc) is 3.93. The lowest BCUT2D eigenvalue weighted by Gasteiger charge is -2.36. The minimum atomic E-state index is -4.59. The van der Waals surface area contributed by atoms with Gasteiger partial charge in [0.1, 0.15) is 12.3 Å². The third-order valence-corrected chi connectivity index (χ3v) is 11.8. The van der Waals surface area contributed by atoms with Crippen LogP contribution in [0.3, 0.4) is 0 Å². The molecule has 3 aliphatic heterocycles. The number of nitrogens with zero attached hydrogens (tertiary/aromatic N) is 3. The van der Waals surface area contributed by atoms with Crippen LogP contribution in [0.4, 0.5) is 23.2 Å². The molecule has 4 fully saturated rings. The van der Waals surface area contributed by atoms with Gasteiger partial charge in [-0.15, -0.1) is 0 Å². The highest BCUT2D eigenvalue weighted by molar-refractivity contribution is 5.88. The van der Waals surface area contributed by atoms with E-state index in [0.717, 1.165) is 43.4 Å². The van der Waals surface area contributed by atoms with Gasteiger partial charge in [0.25, 0.3) is 5.91 Å². The number of ether oxygens (including phenoxy) is 3. The van der Waals surface area contributed by atoms with Crippen molar-refractivity contribution in [3.8, 4) is 5.75 Å². The minimum absolute atomic E-state index is 0.0169. The van der Waals surface area contributed by atoms with Gasteiger partial charge in [-0.25, -0.2) is 4.39 Å². The molecule has 0 aromatic heterocycles. The maximum atomic E-state index is 17.7. The maximum Gasteiger partial charge on any atom is 0.416 e. The Kier molecular flexibility index (Phi) is 11.9. The monoisotopic (exact) mass is 746 g/mol. The van der Waals surface area contributed by atoms with E-state index in [-0.39, 0.29) is 50.7 Å². The molecule has 10 nitrogen and oxygen atoms in total. The number of likely N-dealkylation sites (tertiary alicyclic amines) is 2. The molecular weight excluding hydrogens is 696 g/mol. The van der Waals surface area contributed by atoms with Gasteiger partial charge >= 0.3 is 12.1 Å². The van der Waals surface area contributed by atoms with Crippen molar-refractivity contribution in [3.05, 3.63) is 59.2 Å². The number of alkyl halides is 4. The van der Waals surface area contributed by atoms with Crippen LogP contribution in [0.15, 0.2) is 42.5 Å². The first-order valence-corrected chi connectivity index (χ1v) is 18.5. The second-order valence-corrected chi connectivity index (χ2v) is 14.9. The number of amides is 2. The number of methoxy groups -OCH3 is 3. The topological polar surface area (TPSA) is 101 Å². The Morgan fingerprint density at radius 3 is 2.25 bits per heavy atom. The first kappa shape index (κ1) is 38.8. The second kappa shape index (κ2) is 16.2. The Morgan fingerprint density at radius 1 is 0.925 bits per heavy atom. The second-order valence-electron chi connectivity index (χ2n) is 14.9. The van der Waals surface area contributed by atoms with E-state index in [1.807, 2.05) is 17.0 Å². The van der Waals surface area contributed by atoms with Crippen molar-refractivity contribution in [2.24, 2.45) is 11.8 Å². The molecule has 6 rings (SSSR count). The number of carbonyl (C=O) groups is 3. The molecule has 1 unspecified atom stereocenters. The van der Waals surface area contributed by atoms with Crippen molar-refractivity contribution in [2.45, 2.75) is 68.2 Å². The Morgan fingerprint density at radius 2 is 1.62 bits per heavy atom. The molecule has 3 saturated heterocycles. The summed E-state index contributed by atoms with van der Waals surface area (Å²) in [5, 5.41) is 2.57. The highest BCUT2D eigenvalue weighted by atomic mass is 19.4. The fourth-order valence-corrected chi connectivity index (χ4v) is 8.92. The Bertz CT molecular complexity index is 1610. The number of halogens is 4. The van der Waals surface area contributed by atoms with Gasteiger partial charge in [-0.2, -0.15) is 13.2 Å². The van der Waals surface area contributed by atoms with Crippen molar-refractivity contribution >= 4 is 23.5 Å². The fourth-order valence-electron chi connectivity index (χ4n) is 8.92. The zero-order chi connectivity index (χ0) is 37.9. The highest BCUT2D eigenvalue weighted by Gasteiger charge is 2.57. The molecule has 2 aromatic carbocycles. The molecule has 1 aliphatic carbocycles. The lowest BCUT2D eigenvalue weighted by atomic mass is 9.85. The van der Waals surface area contributed by atoms with Gasteiger partial charge in [-0.05, 0) is 61.1 Å².